The molecule has 164 valence electrons. The molecule has 0 amide bonds. The third-order valence-electron chi connectivity index (χ3n) is 5.29. The predicted octanol–water partition coefficient (Wildman–Crippen LogP) is 5.00. The molecule has 0 saturated heterocycles. The Labute approximate surface area is 188 Å². The first kappa shape index (κ1) is 20.6. The number of fused-ring (bicyclic) bond motifs is 1. The van der Waals surface area contributed by atoms with Gasteiger partial charge in [0.2, 0.25) is 5.95 Å². The lowest BCUT2D eigenvalue weighted by molar-refractivity contribution is 0.625. The van der Waals surface area contributed by atoms with Crippen molar-refractivity contribution in [3.05, 3.63) is 96.1 Å². The van der Waals surface area contributed by atoms with Crippen LogP contribution in [0.3, 0.4) is 0 Å². The molecule has 0 aliphatic heterocycles. The Morgan fingerprint density at radius 1 is 0.879 bits per heavy atom. The number of hydrogen-bond donors (Lipinski definition) is 2. The highest BCUT2D eigenvalue weighted by Gasteiger charge is 2.21. The van der Waals surface area contributed by atoms with Crippen LogP contribution in [0.5, 0.6) is 0 Å². The van der Waals surface area contributed by atoms with Gasteiger partial charge in [0.05, 0.1) is 16.8 Å². The van der Waals surface area contributed by atoms with Crippen LogP contribution in [0.1, 0.15) is 5.56 Å². The lowest BCUT2D eigenvalue weighted by Crippen LogP contribution is -2.09. The van der Waals surface area contributed by atoms with Crippen molar-refractivity contribution in [3.63, 3.8) is 0 Å². The summed E-state index contributed by atoms with van der Waals surface area (Å²) in [5.41, 5.74) is 8.87. The Kier molecular flexibility index (Phi) is 5.40. The van der Waals surface area contributed by atoms with Crippen molar-refractivity contribution in [1.82, 2.24) is 19.7 Å². The Hall–Kier alpha value is -4.33. The number of benzene rings is 3. The molecule has 5 aromatic rings. The Balaban J connectivity index is 1.60. The van der Waals surface area contributed by atoms with Crippen LogP contribution in [0.25, 0.3) is 28.0 Å². The molecular formula is C25H20F2N6. The molecule has 0 fully saturated rings. The van der Waals surface area contributed by atoms with Gasteiger partial charge in [-0.2, -0.15) is 4.98 Å². The Bertz CT molecular complexity index is 1430. The van der Waals surface area contributed by atoms with Crippen molar-refractivity contribution >= 4 is 22.8 Å². The second-order valence-corrected chi connectivity index (χ2v) is 7.51. The average molecular weight is 442 g/mol. The standard InChI is InChI=1S/C25H20F2N6/c26-17-9-6-10-18(15-17)33-23(28)21-22(19-11-4-5-12-20(19)27)30-25(31-24(21)32-33)29-14-13-16-7-2-1-3-8-16/h1-12,15H,13-14,28H2,(H,29,31,32). The summed E-state index contributed by atoms with van der Waals surface area (Å²) in [5.74, 6) is -0.356. The van der Waals surface area contributed by atoms with Crippen LogP contribution in [0.15, 0.2) is 78.9 Å². The van der Waals surface area contributed by atoms with E-state index in [1.807, 2.05) is 30.3 Å². The lowest BCUT2D eigenvalue weighted by Gasteiger charge is -2.09. The van der Waals surface area contributed by atoms with Crippen molar-refractivity contribution in [3.8, 4) is 16.9 Å². The monoisotopic (exact) mass is 442 g/mol. The van der Waals surface area contributed by atoms with E-state index in [1.54, 1.807) is 30.3 Å². The second-order valence-electron chi connectivity index (χ2n) is 7.51. The number of halogens is 2. The van der Waals surface area contributed by atoms with Crippen molar-refractivity contribution in [1.29, 1.82) is 0 Å². The summed E-state index contributed by atoms with van der Waals surface area (Å²) in [5, 5.41) is 8.08. The second kappa shape index (κ2) is 8.66. The molecular weight excluding hydrogens is 422 g/mol. The number of aromatic nitrogens is 4. The number of rotatable bonds is 6. The molecule has 5 rings (SSSR count). The van der Waals surface area contributed by atoms with Crippen LogP contribution in [-0.4, -0.2) is 26.3 Å². The molecule has 0 aliphatic rings. The summed E-state index contributed by atoms with van der Waals surface area (Å²) >= 11 is 0. The lowest BCUT2D eigenvalue weighted by atomic mass is 10.1. The molecule has 0 atom stereocenters. The number of nitrogens with zero attached hydrogens (tertiary/aromatic N) is 4. The van der Waals surface area contributed by atoms with Gasteiger partial charge in [-0.25, -0.2) is 18.4 Å². The summed E-state index contributed by atoms with van der Waals surface area (Å²) in [4.78, 5) is 9.08. The highest BCUT2D eigenvalue weighted by molar-refractivity contribution is 5.99. The van der Waals surface area contributed by atoms with Gasteiger partial charge >= 0.3 is 0 Å². The molecule has 0 radical (unpaired) electrons. The normalized spacial score (nSPS) is 11.1. The van der Waals surface area contributed by atoms with Crippen LogP contribution in [0.2, 0.25) is 0 Å². The van der Waals surface area contributed by atoms with Crippen molar-refractivity contribution in [2.75, 3.05) is 17.6 Å². The third kappa shape index (κ3) is 4.10. The summed E-state index contributed by atoms with van der Waals surface area (Å²) in [6.45, 7) is 0.576. The molecule has 0 bridgehead atoms. The first-order chi connectivity index (χ1) is 16.1. The molecule has 3 aromatic carbocycles. The summed E-state index contributed by atoms with van der Waals surface area (Å²) in [6, 6.07) is 22.2. The van der Waals surface area contributed by atoms with Crippen molar-refractivity contribution in [2.24, 2.45) is 0 Å². The zero-order chi connectivity index (χ0) is 22.8. The fourth-order valence-corrected chi connectivity index (χ4v) is 3.71. The zero-order valence-electron chi connectivity index (χ0n) is 17.5. The number of nitrogen functional groups attached to an aromatic ring is 1. The van der Waals surface area contributed by atoms with E-state index in [4.69, 9.17) is 5.73 Å². The van der Waals surface area contributed by atoms with Gasteiger partial charge in [-0.05, 0) is 42.3 Å². The molecule has 3 N–H and O–H groups in total. The SMILES string of the molecule is Nc1c2c(-c3ccccc3F)nc(NCCc3ccccc3)nc2nn1-c1cccc(F)c1. The molecule has 0 unspecified atom stereocenters. The smallest absolute Gasteiger partial charge is 0.225 e. The van der Waals surface area contributed by atoms with Gasteiger partial charge in [0, 0.05) is 12.1 Å². The maximum Gasteiger partial charge on any atom is 0.225 e. The van der Waals surface area contributed by atoms with Crippen molar-refractivity contribution < 1.29 is 8.78 Å². The summed E-state index contributed by atoms with van der Waals surface area (Å²) in [7, 11) is 0. The average Bonchev–Trinajstić information content (AvgIpc) is 3.16. The van der Waals surface area contributed by atoms with Gasteiger partial charge in [-0.15, -0.1) is 5.10 Å². The van der Waals surface area contributed by atoms with E-state index in [0.717, 1.165) is 6.42 Å². The largest absolute Gasteiger partial charge is 0.383 e. The number of hydrogen-bond acceptors (Lipinski definition) is 5. The molecule has 33 heavy (non-hydrogen) atoms. The van der Waals surface area contributed by atoms with Crippen LogP contribution >= 0.6 is 0 Å². The third-order valence-corrected chi connectivity index (χ3v) is 5.29. The summed E-state index contributed by atoms with van der Waals surface area (Å²) in [6.07, 6.45) is 0.761. The predicted molar refractivity (Wildman–Crippen MR) is 125 cm³/mol. The molecule has 8 heteroatoms. The molecule has 2 aromatic heterocycles. The van der Waals surface area contributed by atoms with E-state index < -0.39 is 11.6 Å². The maximum atomic E-state index is 14.7. The first-order valence-corrected chi connectivity index (χ1v) is 10.4. The molecule has 6 nitrogen and oxygen atoms in total. The zero-order valence-corrected chi connectivity index (χ0v) is 17.5. The van der Waals surface area contributed by atoms with Crippen LogP contribution in [0, 0.1) is 11.6 Å². The first-order valence-electron chi connectivity index (χ1n) is 10.4. The van der Waals surface area contributed by atoms with Gasteiger partial charge in [-0.1, -0.05) is 48.5 Å². The molecule has 0 spiro atoms. The van der Waals surface area contributed by atoms with E-state index in [2.05, 4.69) is 20.4 Å². The number of nitrogens with two attached hydrogens (primary N) is 1. The van der Waals surface area contributed by atoms with Crippen molar-refractivity contribution in [2.45, 2.75) is 6.42 Å². The van der Waals surface area contributed by atoms with E-state index in [9.17, 15) is 8.78 Å². The van der Waals surface area contributed by atoms with Crippen LogP contribution in [-0.2, 0) is 6.42 Å². The Morgan fingerprint density at radius 3 is 2.45 bits per heavy atom. The van der Waals surface area contributed by atoms with E-state index in [-0.39, 0.29) is 17.0 Å². The minimum atomic E-state index is -0.439. The minimum Gasteiger partial charge on any atom is -0.383 e. The fraction of sp³-hybridized carbons (Fsp3) is 0.0800. The van der Waals surface area contributed by atoms with Gasteiger partial charge in [0.1, 0.15) is 17.5 Å². The van der Waals surface area contributed by atoms with Crippen LogP contribution < -0.4 is 11.1 Å². The highest BCUT2D eigenvalue weighted by Crippen LogP contribution is 2.34. The van der Waals surface area contributed by atoms with E-state index in [0.29, 0.717) is 29.3 Å². The van der Waals surface area contributed by atoms with Gasteiger partial charge in [0.15, 0.2) is 5.65 Å². The summed E-state index contributed by atoms with van der Waals surface area (Å²) < 4.78 is 29.9. The maximum absolute atomic E-state index is 14.7. The topological polar surface area (TPSA) is 81.7 Å². The molecule has 0 aliphatic carbocycles. The number of nitrogens with one attached hydrogen (secondary N) is 1. The Morgan fingerprint density at radius 2 is 1.67 bits per heavy atom. The van der Waals surface area contributed by atoms with E-state index in [1.165, 1.54) is 28.4 Å². The van der Waals surface area contributed by atoms with Crippen LogP contribution in [0.4, 0.5) is 20.5 Å². The van der Waals surface area contributed by atoms with Gasteiger partial charge < -0.3 is 11.1 Å². The number of anilines is 2. The molecule has 0 saturated carbocycles. The van der Waals surface area contributed by atoms with E-state index >= 15 is 0 Å². The highest BCUT2D eigenvalue weighted by atomic mass is 19.1. The quantitative estimate of drug-likeness (QED) is 0.387. The van der Waals surface area contributed by atoms with Gasteiger partial charge in [-0.3, -0.25) is 0 Å². The minimum absolute atomic E-state index is 0.199. The van der Waals surface area contributed by atoms with Gasteiger partial charge in [0.25, 0.3) is 0 Å². The molecule has 2 heterocycles. The fourth-order valence-electron chi connectivity index (χ4n) is 3.71.